The Bertz CT molecular complexity index is 1980. The number of aliphatic hydroxyl groups is 1. The average molecular weight is 718 g/mol. The normalized spacial score (nSPS) is 18.9. The lowest BCUT2D eigenvalue weighted by Crippen LogP contribution is -2.48. The minimum absolute atomic E-state index is 0.0279. The van der Waals surface area contributed by atoms with Gasteiger partial charge in [-0.15, -0.1) is 0 Å². The van der Waals surface area contributed by atoms with Crippen LogP contribution in [-0.4, -0.2) is 67.5 Å². The Morgan fingerprint density at radius 2 is 1.51 bits per heavy atom. The molecule has 6 rings (SSSR count). The molecule has 274 valence electrons. The predicted octanol–water partition coefficient (Wildman–Crippen LogP) is 7.89. The molecule has 0 bridgehead atoms. The van der Waals surface area contributed by atoms with Crippen LogP contribution in [0.5, 0.6) is 0 Å². The number of nitrogens with zero attached hydrogens (tertiary/aromatic N) is 6. The van der Waals surface area contributed by atoms with Gasteiger partial charge in [0.15, 0.2) is 11.9 Å². The molecule has 0 unspecified atom stereocenters. The van der Waals surface area contributed by atoms with Crippen molar-refractivity contribution in [2.45, 2.75) is 76.5 Å². The lowest BCUT2D eigenvalue weighted by Gasteiger charge is -2.39. The van der Waals surface area contributed by atoms with Crippen LogP contribution in [0.4, 0.5) is 10.6 Å². The van der Waals surface area contributed by atoms with Gasteiger partial charge in [0.1, 0.15) is 23.6 Å². The number of rotatable bonds is 11. The van der Waals surface area contributed by atoms with Crippen LogP contribution in [0, 0.1) is 5.92 Å². The fourth-order valence-electron chi connectivity index (χ4n) is 6.96. The zero-order valence-electron chi connectivity index (χ0n) is 30.3. The molecule has 1 aliphatic heterocycles. The molecule has 4 atom stereocenters. The van der Waals surface area contributed by atoms with Gasteiger partial charge in [0.25, 0.3) is 0 Å². The number of ether oxygens (including phenoxy) is 3. The molecule has 1 saturated heterocycles. The Labute approximate surface area is 307 Å². The molecule has 0 radical (unpaired) electrons. The number of amides is 1. The van der Waals surface area contributed by atoms with Crippen molar-refractivity contribution in [1.29, 1.82) is 0 Å². The van der Waals surface area contributed by atoms with E-state index in [9.17, 15) is 14.7 Å². The third-order valence-corrected chi connectivity index (χ3v) is 9.09. The highest BCUT2D eigenvalue weighted by molar-refractivity contribution is 5.88. The zero-order chi connectivity index (χ0) is 37.8. The Hall–Kier alpha value is -5.75. The third kappa shape index (κ3) is 7.59. The number of hydrogen-bond donors (Lipinski definition) is 2. The van der Waals surface area contributed by atoms with Gasteiger partial charge in [-0.25, -0.2) is 14.8 Å². The molecule has 13 nitrogen and oxygen atoms in total. The minimum Gasteiger partial charge on any atom is -0.457 e. The fraction of sp³-hybridized carbons (Fsp3) is 0.350. The summed E-state index contributed by atoms with van der Waals surface area (Å²) in [5.74, 6) is -0.524. The summed E-state index contributed by atoms with van der Waals surface area (Å²) in [4.78, 5) is 43.7. The third-order valence-electron chi connectivity index (χ3n) is 9.09. The summed E-state index contributed by atoms with van der Waals surface area (Å²) in [6, 6.07) is 27.0. The first-order chi connectivity index (χ1) is 25.4. The van der Waals surface area contributed by atoms with Crippen molar-refractivity contribution in [1.82, 2.24) is 19.9 Å². The maximum atomic E-state index is 14.5. The number of aromatic nitrogens is 3. The van der Waals surface area contributed by atoms with E-state index < -0.39 is 47.6 Å². The first-order valence-electron chi connectivity index (χ1n) is 17.5. The number of esters is 1. The van der Waals surface area contributed by atoms with Gasteiger partial charge in [-0.05, 0) is 54.0 Å². The van der Waals surface area contributed by atoms with Crippen molar-refractivity contribution in [3.8, 4) is 0 Å². The fourth-order valence-corrected chi connectivity index (χ4v) is 6.96. The summed E-state index contributed by atoms with van der Waals surface area (Å²) < 4.78 is 19.3. The number of carbonyl (C=O) groups excluding carboxylic acids is 2. The Balaban J connectivity index is 1.54. The molecule has 0 spiro atoms. The number of aliphatic hydroxyl groups excluding tert-OH is 1. The number of azide groups is 1. The summed E-state index contributed by atoms with van der Waals surface area (Å²) in [7, 11) is 0. The molecule has 0 saturated carbocycles. The molecule has 3 heterocycles. The summed E-state index contributed by atoms with van der Waals surface area (Å²) in [6.07, 6.45) is -0.574. The van der Waals surface area contributed by atoms with E-state index >= 15 is 0 Å². The molecule has 3 aromatic carbocycles. The molecule has 2 aromatic heterocycles. The molecule has 53 heavy (non-hydrogen) atoms. The number of carbonyl (C=O) groups is 2. The maximum Gasteiger partial charge on any atom is 0.411 e. The number of fused-ring (bicyclic) bond motifs is 1. The molecule has 2 N–H and O–H groups in total. The van der Waals surface area contributed by atoms with Crippen molar-refractivity contribution in [3.05, 3.63) is 136 Å². The largest absolute Gasteiger partial charge is 0.457 e. The van der Waals surface area contributed by atoms with E-state index in [2.05, 4.69) is 25.0 Å². The molecular weight excluding hydrogens is 674 g/mol. The Morgan fingerprint density at radius 1 is 0.943 bits per heavy atom. The Kier molecular flexibility index (Phi) is 10.8. The second-order valence-electron chi connectivity index (χ2n) is 14.4. The number of H-pyrrole nitrogens is 1. The first kappa shape index (κ1) is 37.0. The number of likely N-dealkylation sites (tertiary alicyclic amines) is 1. The first-order valence-corrected chi connectivity index (χ1v) is 17.5. The zero-order valence-corrected chi connectivity index (χ0v) is 30.3. The standard InChI is InChI=1S/C40H43N7O6/c1-25(2)21-31(48)52-36-30(23-51-40(26-15-9-6-10-16-26,27-17-11-7-12-18-27)28-19-13-8-14-20-28)47(38(50)53-39(3,4)5)34(35(36)49)29-22-42-33-32(29)43-24-44-37(33)45-46-41/h6-20,22,24-25,30,34-36,42,49H,21,23H2,1-5H3/t30-,34+,35+,36-/m1/s1. The van der Waals surface area contributed by atoms with E-state index in [1.165, 1.54) is 11.2 Å². The summed E-state index contributed by atoms with van der Waals surface area (Å²) in [5, 5.41) is 16.0. The van der Waals surface area contributed by atoms with Crippen LogP contribution in [0.1, 0.15) is 69.3 Å². The van der Waals surface area contributed by atoms with Crippen molar-refractivity contribution < 1.29 is 28.9 Å². The van der Waals surface area contributed by atoms with Crippen molar-refractivity contribution in [2.24, 2.45) is 11.0 Å². The Morgan fingerprint density at radius 3 is 2.02 bits per heavy atom. The SMILES string of the molecule is CC(C)CC(=O)O[C@H]1[C@@H](O)[C@H](c2c[nH]c3c(N=[N+]=[N-])ncnc23)N(C(=O)OC(C)(C)C)[C@@H]1COC(c1ccccc1)(c1ccccc1)c1ccccc1. The molecular formula is C40H43N7O6. The van der Waals surface area contributed by atoms with Gasteiger partial charge in [-0.3, -0.25) is 9.69 Å². The second kappa shape index (κ2) is 15.5. The van der Waals surface area contributed by atoms with Gasteiger partial charge < -0.3 is 24.3 Å². The summed E-state index contributed by atoms with van der Waals surface area (Å²) >= 11 is 0. The van der Waals surface area contributed by atoms with Crippen LogP contribution in [0.15, 0.2) is 109 Å². The van der Waals surface area contributed by atoms with Crippen LogP contribution in [-0.2, 0) is 24.6 Å². The lowest BCUT2D eigenvalue weighted by atomic mass is 9.80. The maximum absolute atomic E-state index is 14.5. The van der Waals surface area contributed by atoms with E-state index in [0.717, 1.165) is 16.7 Å². The highest BCUT2D eigenvalue weighted by Crippen LogP contribution is 2.45. The van der Waals surface area contributed by atoms with Gasteiger partial charge in [-0.1, -0.05) is 105 Å². The summed E-state index contributed by atoms with van der Waals surface area (Å²) in [6.45, 7) is 8.82. The highest BCUT2D eigenvalue weighted by Gasteiger charge is 2.56. The van der Waals surface area contributed by atoms with Crippen LogP contribution < -0.4 is 0 Å². The number of aromatic amines is 1. The van der Waals surface area contributed by atoms with Gasteiger partial charge in [0.05, 0.1) is 29.7 Å². The van der Waals surface area contributed by atoms with E-state index in [-0.39, 0.29) is 24.8 Å². The molecule has 1 fully saturated rings. The van der Waals surface area contributed by atoms with E-state index in [4.69, 9.17) is 19.7 Å². The molecule has 5 aromatic rings. The minimum atomic E-state index is -1.45. The molecule has 1 amide bonds. The van der Waals surface area contributed by atoms with Crippen molar-refractivity contribution >= 4 is 28.9 Å². The van der Waals surface area contributed by atoms with Crippen LogP contribution in [0.2, 0.25) is 0 Å². The van der Waals surface area contributed by atoms with E-state index in [0.29, 0.717) is 16.6 Å². The number of hydrogen-bond acceptors (Lipinski definition) is 9. The topological polar surface area (TPSA) is 176 Å². The second-order valence-corrected chi connectivity index (χ2v) is 14.4. The van der Waals surface area contributed by atoms with Crippen LogP contribution >= 0.6 is 0 Å². The van der Waals surface area contributed by atoms with Gasteiger partial charge in [0.2, 0.25) is 0 Å². The average Bonchev–Trinajstić information content (AvgIpc) is 3.68. The smallest absolute Gasteiger partial charge is 0.411 e. The monoisotopic (exact) mass is 717 g/mol. The predicted molar refractivity (Wildman–Crippen MR) is 198 cm³/mol. The molecule has 1 aliphatic rings. The van der Waals surface area contributed by atoms with E-state index in [1.807, 2.05) is 105 Å². The molecule has 0 aliphatic carbocycles. The van der Waals surface area contributed by atoms with Gasteiger partial charge in [0, 0.05) is 23.1 Å². The van der Waals surface area contributed by atoms with Gasteiger partial charge in [-0.2, -0.15) is 0 Å². The quantitative estimate of drug-likeness (QED) is 0.0456. The van der Waals surface area contributed by atoms with Crippen LogP contribution in [0.3, 0.4) is 0 Å². The number of nitrogens with one attached hydrogen (secondary N) is 1. The summed E-state index contributed by atoms with van der Waals surface area (Å²) in [5.41, 5.74) is 10.5. The molecule has 13 heteroatoms. The van der Waals surface area contributed by atoms with Crippen LogP contribution in [0.25, 0.3) is 21.5 Å². The number of benzene rings is 3. The lowest BCUT2D eigenvalue weighted by molar-refractivity contribution is -0.157. The van der Waals surface area contributed by atoms with E-state index in [1.54, 1.807) is 27.0 Å². The van der Waals surface area contributed by atoms with Gasteiger partial charge >= 0.3 is 12.1 Å². The van der Waals surface area contributed by atoms with Crippen molar-refractivity contribution in [2.75, 3.05) is 6.61 Å². The van der Waals surface area contributed by atoms with Crippen molar-refractivity contribution in [3.63, 3.8) is 0 Å². The highest BCUT2D eigenvalue weighted by atomic mass is 16.6.